The lowest BCUT2D eigenvalue weighted by atomic mass is 10.0. The van der Waals surface area contributed by atoms with E-state index in [-0.39, 0.29) is 5.25 Å². The van der Waals surface area contributed by atoms with Crippen molar-refractivity contribution in [3.8, 4) is 0 Å². The van der Waals surface area contributed by atoms with E-state index in [2.05, 4.69) is 0 Å². The molecule has 0 saturated heterocycles. The van der Waals surface area contributed by atoms with E-state index in [1.54, 1.807) is 0 Å². The molecule has 2 aliphatic carbocycles. The van der Waals surface area contributed by atoms with Crippen LogP contribution in [0.2, 0.25) is 0 Å². The summed E-state index contributed by atoms with van der Waals surface area (Å²) in [5, 5.41) is 0.0278. The first-order chi connectivity index (χ1) is 4.79. The van der Waals surface area contributed by atoms with Crippen LogP contribution < -0.4 is 0 Å². The summed E-state index contributed by atoms with van der Waals surface area (Å²) >= 11 is -1.79. The SMILES string of the molecule is O=S([O-])C1C2CCC1CC2. The molecule has 0 aliphatic heterocycles. The third kappa shape index (κ3) is 0.839. The second-order valence-electron chi connectivity index (χ2n) is 3.40. The lowest BCUT2D eigenvalue weighted by Gasteiger charge is -2.17. The first-order valence-corrected chi connectivity index (χ1v) is 5.01. The molecule has 0 spiro atoms. The highest BCUT2D eigenvalue weighted by Gasteiger charge is 2.42. The van der Waals surface area contributed by atoms with Gasteiger partial charge in [-0.1, -0.05) is 11.1 Å². The first-order valence-electron chi connectivity index (χ1n) is 3.87. The van der Waals surface area contributed by atoms with E-state index in [0.29, 0.717) is 11.8 Å². The van der Waals surface area contributed by atoms with Crippen LogP contribution in [-0.2, 0) is 11.1 Å². The maximum Gasteiger partial charge on any atom is 0.0272 e. The third-order valence-electron chi connectivity index (χ3n) is 2.97. The van der Waals surface area contributed by atoms with Gasteiger partial charge in [0.2, 0.25) is 0 Å². The van der Waals surface area contributed by atoms with Gasteiger partial charge in [-0.25, -0.2) is 0 Å². The molecule has 0 N–H and O–H groups in total. The summed E-state index contributed by atoms with van der Waals surface area (Å²) in [5.74, 6) is 1.03. The van der Waals surface area contributed by atoms with Gasteiger partial charge in [-0.15, -0.1) is 0 Å². The van der Waals surface area contributed by atoms with Gasteiger partial charge in [-0.3, -0.25) is 4.21 Å². The zero-order valence-corrected chi connectivity index (χ0v) is 6.60. The molecule has 1 unspecified atom stereocenters. The monoisotopic (exact) mass is 159 g/mol. The van der Waals surface area contributed by atoms with Gasteiger partial charge >= 0.3 is 0 Å². The van der Waals surface area contributed by atoms with E-state index in [9.17, 15) is 8.76 Å². The molecule has 2 bridgehead atoms. The summed E-state index contributed by atoms with van der Waals surface area (Å²) < 4.78 is 21.3. The molecule has 58 valence electrons. The Balaban J connectivity index is 2.16. The van der Waals surface area contributed by atoms with Gasteiger partial charge in [-0.2, -0.15) is 0 Å². The van der Waals surface area contributed by atoms with Crippen molar-refractivity contribution in [1.82, 2.24) is 0 Å². The largest absolute Gasteiger partial charge is 0.772 e. The summed E-state index contributed by atoms with van der Waals surface area (Å²) in [5.41, 5.74) is 0. The highest BCUT2D eigenvalue weighted by Crippen LogP contribution is 2.46. The average Bonchev–Trinajstić information content (AvgIpc) is 2.43. The van der Waals surface area contributed by atoms with E-state index in [1.165, 1.54) is 0 Å². The quantitative estimate of drug-likeness (QED) is 0.536. The van der Waals surface area contributed by atoms with E-state index in [0.717, 1.165) is 25.7 Å². The normalized spacial score (nSPS) is 47.9. The fourth-order valence-electron chi connectivity index (χ4n) is 2.50. The fourth-order valence-corrected chi connectivity index (χ4v) is 3.67. The molecule has 10 heavy (non-hydrogen) atoms. The molecule has 0 aromatic carbocycles. The van der Waals surface area contributed by atoms with Crippen LogP contribution >= 0.6 is 0 Å². The maximum atomic E-state index is 10.7. The number of rotatable bonds is 1. The van der Waals surface area contributed by atoms with Crippen LogP contribution in [-0.4, -0.2) is 14.0 Å². The molecule has 0 radical (unpaired) electrons. The predicted octanol–water partition coefficient (Wildman–Crippen LogP) is 1.05. The minimum absolute atomic E-state index is 0.0278. The van der Waals surface area contributed by atoms with Gasteiger partial charge in [0.05, 0.1) is 0 Å². The zero-order chi connectivity index (χ0) is 7.14. The second kappa shape index (κ2) is 2.31. The van der Waals surface area contributed by atoms with E-state index < -0.39 is 11.1 Å². The third-order valence-corrected chi connectivity index (χ3v) is 4.18. The maximum absolute atomic E-state index is 10.7. The van der Waals surface area contributed by atoms with Crippen molar-refractivity contribution in [3.63, 3.8) is 0 Å². The Labute approximate surface area is 63.3 Å². The van der Waals surface area contributed by atoms with Crippen LogP contribution in [0.4, 0.5) is 0 Å². The molecule has 2 rings (SSSR count). The summed E-state index contributed by atoms with van der Waals surface area (Å²) in [6.45, 7) is 0. The van der Waals surface area contributed by atoms with Crippen molar-refractivity contribution in [2.75, 3.05) is 0 Å². The molecule has 0 heterocycles. The molecule has 2 aliphatic rings. The van der Waals surface area contributed by atoms with Crippen molar-refractivity contribution in [3.05, 3.63) is 0 Å². The van der Waals surface area contributed by atoms with Gasteiger partial charge < -0.3 is 4.55 Å². The minimum Gasteiger partial charge on any atom is -0.772 e. The van der Waals surface area contributed by atoms with Gasteiger partial charge in [0.1, 0.15) is 0 Å². The van der Waals surface area contributed by atoms with Crippen LogP contribution in [0.3, 0.4) is 0 Å². The van der Waals surface area contributed by atoms with Crippen molar-refractivity contribution >= 4 is 11.1 Å². The first kappa shape index (κ1) is 6.80. The van der Waals surface area contributed by atoms with Gasteiger partial charge in [0, 0.05) is 5.25 Å². The van der Waals surface area contributed by atoms with E-state index >= 15 is 0 Å². The van der Waals surface area contributed by atoms with E-state index in [4.69, 9.17) is 0 Å². The van der Waals surface area contributed by atoms with Crippen molar-refractivity contribution < 1.29 is 8.76 Å². The molecule has 3 heteroatoms. The highest BCUT2D eigenvalue weighted by molar-refractivity contribution is 7.79. The van der Waals surface area contributed by atoms with Gasteiger partial charge in [0.15, 0.2) is 0 Å². The van der Waals surface area contributed by atoms with Gasteiger partial charge in [-0.05, 0) is 37.5 Å². The second-order valence-corrected chi connectivity index (χ2v) is 4.47. The Hall–Kier alpha value is 0.110. The predicted molar refractivity (Wildman–Crippen MR) is 38.2 cm³/mol. The number of hydrogen-bond acceptors (Lipinski definition) is 2. The van der Waals surface area contributed by atoms with Crippen molar-refractivity contribution in [2.24, 2.45) is 11.8 Å². The van der Waals surface area contributed by atoms with Crippen LogP contribution in [0, 0.1) is 11.8 Å². The van der Waals surface area contributed by atoms with Gasteiger partial charge in [0.25, 0.3) is 0 Å². The molecular weight excluding hydrogens is 148 g/mol. The highest BCUT2D eigenvalue weighted by atomic mass is 32.2. The van der Waals surface area contributed by atoms with Crippen molar-refractivity contribution in [1.29, 1.82) is 0 Å². The topological polar surface area (TPSA) is 40.1 Å². The Morgan fingerprint density at radius 2 is 1.50 bits per heavy atom. The van der Waals surface area contributed by atoms with Crippen LogP contribution in [0.15, 0.2) is 0 Å². The number of hydrogen-bond donors (Lipinski definition) is 0. The molecule has 2 fully saturated rings. The zero-order valence-electron chi connectivity index (χ0n) is 5.79. The average molecular weight is 159 g/mol. The summed E-state index contributed by atoms with van der Waals surface area (Å²) in [6, 6.07) is 0. The van der Waals surface area contributed by atoms with Crippen LogP contribution in [0.25, 0.3) is 0 Å². The standard InChI is InChI=1S/C7H12O2S/c8-10(9)7-5-1-2-6(7)4-3-5/h5-7H,1-4H2,(H,8,9)/p-1. The van der Waals surface area contributed by atoms with Crippen LogP contribution in [0.5, 0.6) is 0 Å². The number of fused-ring (bicyclic) bond motifs is 2. The Morgan fingerprint density at radius 1 is 1.10 bits per heavy atom. The summed E-state index contributed by atoms with van der Waals surface area (Å²) in [6.07, 6.45) is 4.62. The molecule has 0 aromatic rings. The molecule has 2 nitrogen and oxygen atoms in total. The van der Waals surface area contributed by atoms with E-state index in [1.807, 2.05) is 0 Å². The summed E-state index contributed by atoms with van der Waals surface area (Å²) in [4.78, 5) is 0. The molecular formula is C7H11O2S-. The lowest BCUT2D eigenvalue weighted by molar-refractivity contribution is 0.480. The van der Waals surface area contributed by atoms with Crippen molar-refractivity contribution in [2.45, 2.75) is 30.9 Å². The molecule has 0 amide bonds. The lowest BCUT2D eigenvalue weighted by Crippen LogP contribution is -2.19. The Kier molecular flexibility index (Phi) is 1.57. The molecule has 0 aromatic heterocycles. The smallest absolute Gasteiger partial charge is 0.0272 e. The summed E-state index contributed by atoms with van der Waals surface area (Å²) in [7, 11) is 0. The Morgan fingerprint density at radius 3 is 1.70 bits per heavy atom. The van der Waals surface area contributed by atoms with Crippen LogP contribution in [0.1, 0.15) is 25.7 Å². The minimum atomic E-state index is -1.79. The molecule has 2 saturated carbocycles. The Bertz CT molecular complexity index is 149. The fraction of sp³-hybridized carbons (Fsp3) is 1.00. The molecule has 1 atom stereocenters.